The number of carbonyl (C=O) groups excluding carboxylic acids is 2. The second kappa shape index (κ2) is 9.86. The lowest BCUT2D eigenvalue weighted by Crippen LogP contribution is -2.37. The number of carboxylic acids is 1. The van der Waals surface area contributed by atoms with Crippen molar-refractivity contribution in [3.05, 3.63) is 23.8 Å². The van der Waals surface area contributed by atoms with Gasteiger partial charge in [-0.05, 0) is 71.6 Å². The molecule has 32 heavy (non-hydrogen) atoms. The van der Waals surface area contributed by atoms with Crippen LogP contribution in [0, 0.1) is 5.92 Å². The number of carboxylic acid groups (broad SMARTS) is 1. The molecule has 0 aliphatic heterocycles. The molecule has 0 heterocycles. The van der Waals surface area contributed by atoms with Crippen molar-refractivity contribution in [1.29, 1.82) is 0 Å². The fourth-order valence-corrected chi connectivity index (χ4v) is 3.02. The van der Waals surface area contributed by atoms with Gasteiger partial charge in [0.25, 0.3) is 0 Å². The van der Waals surface area contributed by atoms with Crippen LogP contribution in [-0.2, 0) is 30.3 Å². The first-order chi connectivity index (χ1) is 14.7. The molecule has 0 amide bonds. The maximum Gasteiger partial charge on any atom is 0.347 e. The van der Waals surface area contributed by atoms with E-state index in [1.165, 1.54) is 32.0 Å². The number of aliphatic carboxylic acids is 1. The molecular weight excluding hydrogens is 442 g/mol. The largest absolute Gasteiger partial charge is 0.755 e. The molecule has 1 N–H and O–H groups in total. The summed E-state index contributed by atoms with van der Waals surface area (Å²) in [6, 6.07) is 3.84. The summed E-state index contributed by atoms with van der Waals surface area (Å²) in [6.45, 7) is 7.15. The maximum absolute atomic E-state index is 12.5. The van der Waals surface area contributed by atoms with E-state index < -0.39 is 46.9 Å². The third kappa shape index (κ3) is 7.49. The Hall–Kier alpha value is -2.66. The highest BCUT2D eigenvalue weighted by atomic mass is 32.2. The monoisotopic (exact) mass is 470 g/mol. The van der Waals surface area contributed by atoms with Gasteiger partial charge in [-0.15, -0.1) is 0 Å². The van der Waals surface area contributed by atoms with Gasteiger partial charge >= 0.3 is 17.9 Å². The molecule has 0 radical (unpaired) electrons. The molecule has 10 nitrogen and oxygen atoms in total. The molecule has 178 valence electrons. The Bertz CT molecular complexity index is 903. The number of benzene rings is 1. The van der Waals surface area contributed by atoms with Crippen LogP contribution in [0.4, 0.5) is 5.69 Å². The number of carbonyl (C=O) groups is 3. The van der Waals surface area contributed by atoms with E-state index in [4.69, 9.17) is 19.3 Å². The van der Waals surface area contributed by atoms with Crippen LogP contribution < -0.4 is 9.04 Å². The van der Waals surface area contributed by atoms with Crippen molar-refractivity contribution in [3.63, 3.8) is 0 Å². The smallest absolute Gasteiger partial charge is 0.347 e. The number of esters is 2. The molecule has 0 bridgehead atoms. The number of rotatable bonds is 10. The van der Waals surface area contributed by atoms with Gasteiger partial charge in [-0.2, -0.15) is 0 Å². The second-order valence-electron chi connectivity index (χ2n) is 8.98. The van der Waals surface area contributed by atoms with Crippen LogP contribution in [-0.4, -0.2) is 56.1 Å². The van der Waals surface area contributed by atoms with E-state index >= 15 is 0 Å². The SMILES string of the molecule is CC(C)(C)OC(=O)CN(c1ccc(C(=O)OC(C)(C)C(=O)O)cc1OCC1CC1)S(=O)[O-]. The minimum atomic E-state index is -2.84. The summed E-state index contributed by atoms with van der Waals surface area (Å²) in [6.07, 6.45) is 1.94. The minimum Gasteiger partial charge on any atom is -0.755 e. The van der Waals surface area contributed by atoms with Crippen molar-refractivity contribution in [2.75, 3.05) is 17.5 Å². The van der Waals surface area contributed by atoms with Gasteiger partial charge < -0.3 is 23.9 Å². The van der Waals surface area contributed by atoms with E-state index in [0.29, 0.717) is 12.5 Å². The Morgan fingerprint density at radius 1 is 1.16 bits per heavy atom. The Morgan fingerprint density at radius 3 is 2.28 bits per heavy atom. The van der Waals surface area contributed by atoms with Crippen LogP contribution in [0.1, 0.15) is 57.8 Å². The van der Waals surface area contributed by atoms with Crippen LogP contribution in [0.25, 0.3) is 0 Å². The zero-order valence-electron chi connectivity index (χ0n) is 18.7. The summed E-state index contributed by atoms with van der Waals surface area (Å²) >= 11 is -2.84. The molecule has 1 aromatic carbocycles. The summed E-state index contributed by atoms with van der Waals surface area (Å²) in [5, 5.41) is 9.17. The molecule has 1 aromatic rings. The molecule has 0 saturated heterocycles. The Balaban J connectivity index is 2.34. The summed E-state index contributed by atoms with van der Waals surface area (Å²) in [4.78, 5) is 35.9. The average molecular weight is 471 g/mol. The van der Waals surface area contributed by atoms with Crippen LogP contribution >= 0.6 is 0 Å². The van der Waals surface area contributed by atoms with Crippen LogP contribution in [0.5, 0.6) is 5.75 Å². The fourth-order valence-electron chi connectivity index (χ4n) is 2.50. The predicted octanol–water partition coefficient (Wildman–Crippen LogP) is 2.44. The molecular formula is C21H28NO9S-. The first-order valence-corrected chi connectivity index (χ1v) is 11.0. The van der Waals surface area contributed by atoms with Crippen LogP contribution in [0.2, 0.25) is 0 Å². The van der Waals surface area contributed by atoms with Gasteiger partial charge in [-0.1, -0.05) is 0 Å². The number of ether oxygens (including phenoxy) is 3. The van der Waals surface area contributed by atoms with Gasteiger partial charge in [0.1, 0.15) is 17.9 Å². The maximum atomic E-state index is 12.5. The zero-order chi connectivity index (χ0) is 24.3. The van der Waals surface area contributed by atoms with Gasteiger partial charge in [-0.25, -0.2) is 9.59 Å². The van der Waals surface area contributed by atoms with Gasteiger partial charge in [0, 0.05) is 11.3 Å². The molecule has 1 saturated carbocycles. The lowest BCUT2D eigenvalue weighted by Gasteiger charge is -2.29. The first-order valence-electron chi connectivity index (χ1n) is 10.0. The van der Waals surface area contributed by atoms with Crippen molar-refractivity contribution >= 4 is 34.9 Å². The highest BCUT2D eigenvalue weighted by molar-refractivity contribution is 7.80. The number of hydrogen-bond donors (Lipinski definition) is 1. The van der Waals surface area contributed by atoms with E-state index in [2.05, 4.69) is 0 Å². The standard InChI is InChI=1S/C21H29NO9S/c1-20(2,3)30-17(23)11-22(32(27)28)15-9-8-14(10-16(15)29-12-13-6-7-13)18(24)31-21(4,5)19(25)26/h8-10,13H,6-7,11-12H2,1-5H3,(H,25,26)(H,27,28)/p-1. The zero-order valence-corrected chi connectivity index (χ0v) is 19.5. The van der Waals surface area contributed by atoms with Crippen LogP contribution in [0.15, 0.2) is 18.2 Å². The van der Waals surface area contributed by atoms with Crippen LogP contribution in [0.3, 0.4) is 0 Å². The van der Waals surface area contributed by atoms with Gasteiger partial charge in [0.05, 0.1) is 17.9 Å². The summed E-state index contributed by atoms with van der Waals surface area (Å²) in [5.74, 6) is -2.63. The van der Waals surface area contributed by atoms with Gasteiger partial charge in [0.15, 0.2) is 0 Å². The van der Waals surface area contributed by atoms with E-state index in [1.54, 1.807) is 20.8 Å². The van der Waals surface area contributed by atoms with Crippen molar-refractivity contribution in [3.8, 4) is 5.75 Å². The third-order valence-corrected chi connectivity index (χ3v) is 5.06. The normalized spacial score (nSPS) is 14.9. The molecule has 1 aliphatic rings. The van der Waals surface area contributed by atoms with Gasteiger partial charge in [-0.3, -0.25) is 13.3 Å². The summed E-state index contributed by atoms with van der Waals surface area (Å²) in [5.41, 5.74) is -2.55. The lowest BCUT2D eigenvalue weighted by molar-refractivity contribution is -0.155. The summed E-state index contributed by atoms with van der Waals surface area (Å²) < 4.78 is 40.5. The molecule has 1 fully saturated rings. The Labute approximate surface area is 189 Å². The predicted molar refractivity (Wildman–Crippen MR) is 114 cm³/mol. The molecule has 1 atom stereocenters. The first kappa shape index (κ1) is 25.6. The minimum absolute atomic E-state index is 0.0252. The van der Waals surface area contributed by atoms with E-state index in [-0.39, 0.29) is 17.0 Å². The highest BCUT2D eigenvalue weighted by Gasteiger charge is 2.33. The summed E-state index contributed by atoms with van der Waals surface area (Å²) in [7, 11) is 0. The lowest BCUT2D eigenvalue weighted by atomic mass is 10.1. The quantitative estimate of drug-likeness (QED) is 0.403. The van der Waals surface area contributed by atoms with Crippen molar-refractivity contribution in [2.45, 2.75) is 58.7 Å². The third-order valence-electron chi connectivity index (χ3n) is 4.37. The molecule has 11 heteroatoms. The number of hydrogen-bond acceptors (Lipinski definition) is 8. The highest BCUT2D eigenvalue weighted by Crippen LogP contribution is 2.35. The number of anilines is 1. The van der Waals surface area contributed by atoms with E-state index in [9.17, 15) is 23.1 Å². The number of nitrogens with zero attached hydrogens (tertiary/aromatic N) is 1. The molecule has 0 spiro atoms. The van der Waals surface area contributed by atoms with E-state index in [0.717, 1.165) is 17.1 Å². The molecule has 1 unspecified atom stereocenters. The fraction of sp³-hybridized carbons (Fsp3) is 0.571. The van der Waals surface area contributed by atoms with Crippen molar-refractivity contribution in [2.24, 2.45) is 5.92 Å². The van der Waals surface area contributed by atoms with Gasteiger partial charge in [0.2, 0.25) is 5.60 Å². The Morgan fingerprint density at radius 2 is 1.78 bits per heavy atom. The topological polar surface area (TPSA) is 142 Å². The van der Waals surface area contributed by atoms with Crippen molar-refractivity contribution < 1.29 is 42.5 Å². The Kier molecular flexibility index (Phi) is 7.89. The van der Waals surface area contributed by atoms with Crippen molar-refractivity contribution in [1.82, 2.24) is 0 Å². The molecule has 2 rings (SSSR count). The average Bonchev–Trinajstić information content (AvgIpc) is 3.46. The molecule has 1 aliphatic carbocycles. The second-order valence-corrected chi connectivity index (χ2v) is 9.86. The van der Waals surface area contributed by atoms with E-state index in [1.807, 2.05) is 0 Å². The molecule has 0 aromatic heterocycles.